The summed E-state index contributed by atoms with van der Waals surface area (Å²) in [6.45, 7) is 2.79. The number of hydrogen-bond acceptors (Lipinski definition) is 5. The van der Waals surface area contributed by atoms with Crippen LogP contribution in [0, 0.1) is 11.2 Å². The number of piperidine rings is 1. The number of aromatic nitrogens is 3. The number of rotatable bonds is 3. The second-order valence-electron chi connectivity index (χ2n) is 6.77. The van der Waals surface area contributed by atoms with Crippen LogP contribution in [0.1, 0.15) is 25.0 Å². The van der Waals surface area contributed by atoms with Gasteiger partial charge < -0.3 is 9.80 Å². The number of carbonyl (C=O) groups is 1. The van der Waals surface area contributed by atoms with Gasteiger partial charge in [0.15, 0.2) is 5.82 Å². The summed E-state index contributed by atoms with van der Waals surface area (Å²) in [6, 6.07) is 5.77. The highest BCUT2D eigenvalue weighted by Crippen LogP contribution is 2.42. The molecular formula is C18H20FN5O. The molecule has 1 amide bonds. The van der Waals surface area contributed by atoms with Crippen LogP contribution in [0.25, 0.3) is 0 Å². The number of pyridine rings is 1. The Morgan fingerprint density at radius 2 is 1.76 bits per heavy atom. The third-order valence-electron chi connectivity index (χ3n) is 5.29. The van der Waals surface area contributed by atoms with E-state index in [-0.39, 0.29) is 11.3 Å². The van der Waals surface area contributed by atoms with Gasteiger partial charge in [-0.05, 0) is 31.4 Å². The van der Waals surface area contributed by atoms with Crippen LogP contribution in [0.3, 0.4) is 0 Å². The molecule has 0 aromatic carbocycles. The maximum absolute atomic E-state index is 13.0. The number of halogens is 1. The van der Waals surface area contributed by atoms with Crippen LogP contribution < -0.4 is 4.90 Å². The molecule has 0 N–H and O–H groups in total. The Labute approximate surface area is 145 Å². The van der Waals surface area contributed by atoms with Crippen molar-refractivity contribution in [2.24, 2.45) is 5.41 Å². The molecule has 2 saturated heterocycles. The van der Waals surface area contributed by atoms with Crippen LogP contribution in [-0.2, 0) is 11.3 Å². The van der Waals surface area contributed by atoms with Gasteiger partial charge in [-0.25, -0.2) is 14.4 Å². The molecule has 0 bridgehead atoms. The van der Waals surface area contributed by atoms with Crippen molar-refractivity contribution in [3.8, 4) is 0 Å². The second-order valence-corrected chi connectivity index (χ2v) is 6.77. The van der Waals surface area contributed by atoms with Gasteiger partial charge in [-0.1, -0.05) is 6.07 Å². The molecule has 0 saturated carbocycles. The molecular weight excluding hydrogens is 321 g/mol. The molecule has 6 nitrogen and oxygen atoms in total. The fourth-order valence-electron chi connectivity index (χ4n) is 3.80. The Balaban J connectivity index is 1.41. The van der Waals surface area contributed by atoms with Crippen molar-refractivity contribution in [3.63, 3.8) is 0 Å². The van der Waals surface area contributed by atoms with E-state index < -0.39 is 5.82 Å². The summed E-state index contributed by atoms with van der Waals surface area (Å²) < 4.78 is 13.0. The minimum absolute atomic E-state index is 0.234. The molecule has 25 heavy (non-hydrogen) atoms. The van der Waals surface area contributed by atoms with Gasteiger partial charge in [0.25, 0.3) is 0 Å². The third kappa shape index (κ3) is 3.06. The fraction of sp³-hybridized carbons (Fsp3) is 0.444. The molecule has 1 spiro atoms. The van der Waals surface area contributed by atoms with Crippen molar-refractivity contribution in [2.75, 3.05) is 24.5 Å². The van der Waals surface area contributed by atoms with E-state index in [0.717, 1.165) is 44.6 Å². The predicted molar refractivity (Wildman–Crippen MR) is 90.1 cm³/mol. The number of hydrogen-bond donors (Lipinski definition) is 0. The molecule has 7 heteroatoms. The van der Waals surface area contributed by atoms with E-state index in [1.807, 2.05) is 28.0 Å². The second kappa shape index (κ2) is 6.38. The maximum Gasteiger partial charge on any atom is 0.229 e. The molecule has 2 aliphatic rings. The third-order valence-corrected chi connectivity index (χ3v) is 5.29. The Bertz CT molecular complexity index is 744. The summed E-state index contributed by atoms with van der Waals surface area (Å²) in [4.78, 5) is 29.3. The van der Waals surface area contributed by atoms with E-state index >= 15 is 0 Å². The number of amides is 1. The summed E-state index contributed by atoms with van der Waals surface area (Å²) >= 11 is 0. The van der Waals surface area contributed by atoms with Gasteiger partial charge in [-0.2, -0.15) is 0 Å². The van der Waals surface area contributed by atoms with Crippen LogP contribution in [0.4, 0.5) is 10.3 Å². The molecule has 4 rings (SSSR count). The van der Waals surface area contributed by atoms with Gasteiger partial charge in [0.1, 0.15) is 0 Å². The summed E-state index contributed by atoms with van der Waals surface area (Å²) in [7, 11) is 0. The van der Waals surface area contributed by atoms with Gasteiger partial charge in [0, 0.05) is 25.8 Å². The van der Waals surface area contributed by atoms with Crippen LogP contribution >= 0.6 is 0 Å². The smallest absolute Gasteiger partial charge is 0.229 e. The van der Waals surface area contributed by atoms with Crippen molar-refractivity contribution >= 4 is 11.9 Å². The molecule has 2 fully saturated rings. The summed E-state index contributed by atoms with van der Waals surface area (Å²) in [5.74, 6) is 0.332. The first kappa shape index (κ1) is 15.9. The standard InChI is InChI=1S/C18H20FN5O/c19-14-11-21-17(22-12-14)23-8-4-18(5-9-23)6-10-24(16(18)25)13-15-3-1-2-7-20-15/h1-3,7,11-12H,4-6,8-10,13H2. The minimum atomic E-state index is -0.437. The van der Waals surface area contributed by atoms with Crippen molar-refractivity contribution in [2.45, 2.75) is 25.8 Å². The van der Waals surface area contributed by atoms with Gasteiger partial charge in [-0.15, -0.1) is 0 Å². The van der Waals surface area contributed by atoms with E-state index in [1.165, 1.54) is 12.4 Å². The Hall–Kier alpha value is -2.57. The SMILES string of the molecule is O=C1N(Cc2ccccn2)CCC12CCN(c1ncc(F)cn1)CC2. The summed E-state index contributed by atoms with van der Waals surface area (Å²) in [5.41, 5.74) is 0.649. The zero-order chi connectivity index (χ0) is 17.3. The molecule has 2 aromatic heterocycles. The normalized spacial score (nSPS) is 19.6. The van der Waals surface area contributed by atoms with E-state index in [0.29, 0.717) is 12.5 Å². The van der Waals surface area contributed by atoms with Crippen LogP contribution in [0.15, 0.2) is 36.8 Å². The average Bonchev–Trinajstić information content (AvgIpc) is 2.94. The Morgan fingerprint density at radius 1 is 1.04 bits per heavy atom. The predicted octanol–water partition coefficient (Wildman–Crippen LogP) is 2.03. The van der Waals surface area contributed by atoms with E-state index in [1.54, 1.807) is 6.20 Å². The molecule has 0 atom stereocenters. The highest BCUT2D eigenvalue weighted by atomic mass is 19.1. The highest BCUT2D eigenvalue weighted by molar-refractivity contribution is 5.85. The van der Waals surface area contributed by atoms with Crippen LogP contribution in [0.2, 0.25) is 0 Å². The fourth-order valence-corrected chi connectivity index (χ4v) is 3.80. The molecule has 130 valence electrons. The van der Waals surface area contributed by atoms with Gasteiger partial charge >= 0.3 is 0 Å². The molecule has 0 aliphatic carbocycles. The number of likely N-dealkylation sites (tertiary alicyclic amines) is 1. The molecule has 0 radical (unpaired) electrons. The van der Waals surface area contributed by atoms with Gasteiger partial charge in [0.2, 0.25) is 11.9 Å². The number of anilines is 1. The van der Waals surface area contributed by atoms with Gasteiger partial charge in [0.05, 0.1) is 30.0 Å². The lowest BCUT2D eigenvalue weighted by molar-refractivity contribution is -0.137. The average molecular weight is 341 g/mol. The van der Waals surface area contributed by atoms with Crippen molar-refractivity contribution in [3.05, 3.63) is 48.3 Å². The van der Waals surface area contributed by atoms with Crippen molar-refractivity contribution < 1.29 is 9.18 Å². The Morgan fingerprint density at radius 3 is 2.44 bits per heavy atom. The van der Waals surface area contributed by atoms with Crippen molar-refractivity contribution in [1.82, 2.24) is 19.9 Å². The number of nitrogens with zero attached hydrogens (tertiary/aromatic N) is 5. The van der Waals surface area contributed by atoms with Crippen LogP contribution in [-0.4, -0.2) is 45.4 Å². The summed E-state index contributed by atoms with van der Waals surface area (Å²) in [6.07, 6.45) is 6.57. The zero-order valence-electron chi connectivity index (χ0n) is 13.9. The lowest BCUT2D eigenvalue weighted by Crippen LogP contribution is -2.45. The molecule has 4 heterocycles. The zero-order valence-corrected chi connectivity index (χ0v) is 13.9. The lowest BCUT2D eigenvalue weighted by atomic mass is 9.77. The maximum atomic E-state index is 13.0. The Kier molecular flexibility index (Phi) is 4.07. The summed E-state index contributed by atoms with van der Waals surface area (Å²) in [5, 5.41) is 0. The highest BCUT2D eigenvalue weighted by Gasteiger charge is 2.48. The number of carbonyl (C=O) groups excluding carboxylic acids is 1. The van der Waals surface area contributed by atoms with E-state index in [9.17, 15) is 9.18 Å². The molecule has 0 unspecified atom stereocenters. The largest absolute Gasteiger partial charge is 0.341 e. The first-order valence-electron chi connectivity index (χ1n) is 8.58. The quantitative estimate of drug-likeness (QED) is 0.855. The van der Waals surface area contributed by atoms with Gasteiger partial charge in [-0.3, -0.25) is 9.78 Å². The topological polar surface area (TPSA) is 62.2 Å². The monoisotopic (exact) mass is 341 g/mol. The lowest BCUT2D eigenvalue weighted by Gasteiger charge is -2.37. The molecule has 2 aliphatic heterocycles. The minimum Gasteiger partial charge on any atom is -0.341 e. The van der Waals surface area contributed by atoms with Crippen LogP contribution in [0.5, 0.6) is 0 Å². The first-order chi connectivity index (χ1) is 12.2. The van der Waals surface area contributed by atoms with E-state index in [4.69, 9.17) is 0 Å². The van der Waals surface area contributed by atoms with Crippen molar-refractivity contribution in [1.29, 1.82) is 0 Å². The van der Waals surface area contributed by atoms with E-state index in [2.05, 4.69) is 15.0 Å². The molecule has 2 aromatic rings. The first-order valence-corrected chi connectivity index (χ1v) is 8.58.